The second kappa shape index (κ2) is 11.1. The maximum absolute atomic E-state index is 12.4. The smallest absolute Gasteiger partial charge is 0.324 e. The number of rotatable bonds is 8. The highest BCUT2D eigenvalue weighted by atomic mass is 32.1. The molecule has 2 N–H and O–H groups in total. The number of imidazole rings is 1. The molecule has 9 nitrogen and oxygen atoms in total. The van der Waals surface area contributed by atoms with Crippen LogP contribution in [0, 0.1) is 0 Å². The first-order valence-electron chi connectivity index (χ1n) is 13.5. The lowest BCUT2D eigenvalue weighted by molar-refractivity contribution is -0.130. The van der Waals surface area contributed by atoms with Gasteiger partial charge < -0.3 is 14.7 Å². The number of anilines is 2. The number of thiazole rings is 1. The Morgan fingerprint density at radius 1 is 1.02 bits per heavy atom. The molecule has 3 amide bonds. The highest BCUT2D eigenvalue weighted by Gasteiger charge is 2.20. The number of fused-ring (bicyclic) bond motifs is 3. The number of urea groups is 1. The molecular weight excluding hydrogens is 524 g/mol. The Balaban J connectivity index is 1.24. The van der Waals surface area contributed by atoms with Gasteiger partial charge in [-0.25, -0.2) is 9.78 Å². The van der Waals surface area contributed by atoms with Crippen LogP contribution in [0.15, 0.2) is 59.3 Å². The average Bonchev–Trinajstić information content (AvgIpc) is 3.63. The lowest BCUT2D eigenvalue weighted by atomic mass is 9.93. The van der Waals surface area contributed by atoms with Crippen molar-refractivity contribution in [3.05, 3.63) is 66.1 Å². The van der Waals surface area contributed by atoms with E-state index >= 15 is 0 Å². The summed E-state index contributed by atoms with van der Waals surface area (Å²) in [5.41, 5.74) is 4.52. The van der Waals surface area contributed by atoms with Crippen molar-refractivity contribution in [1.82, 2.24) is 19.4 Å². The van der Waals surface area contributed by atoms with Gasteiger partial charge in [-0.05, 0) is 50.1 Å². The zero-order valence-electron chi connectivity index (χ0n) is 23.4. The van der Waals surface area contributed by atoms with Gasteiger partial charge in [-0.15, -0.1) is 0 Å². The summed E-state index contributed by atoms with van der Waals surface area (Å²) in [6.07, 6.45) is 3.28. The molecule has 5 aromatic rings. The molecule has 0 aliphatic heterocycles. The highest BCUT2D eigenvalue weighted by molar-refractivity contribution is 7.23. The number of nitrogens with zero attached hydrogens (tertiary/aromatic N) is 4. The molecule has 0 spiro atoms. The third-order valence-electron chi connectivity index (χ3n) is 6.83. The van der Waals surface area contributed by atoms with Crippen molar-refractivity contribution in [2.24, 2.45) is 0 Å². The normalized spacial score (nSPS) is 11.7. The molecule has 3 aromatic heterocycles. The van der Waals surface area contributed by atoms with Crippen molar-refractivity contribution in [2.75, 3.05) is 23.7 Å². The summed E-state index contributed by atoms with van der Waals surface area (Å²) < 4.78 is 8.56. The lowest BCUT2D eigenvalue weighted by Gasteiger charge is -2.18. The first kappa shape index (κ1) is 27.4. The molecular formula is C30H34N6O3S. The number of aromatic nitrogens is 3. The van der Waals surface area contributed by atoms with E-state index in [1.165, 1.54) is 0 Å². The number of amides is 3. The van der Waals surface area contributed by atoms with Crippen LogP contribution in [0.5, 0.6) is 0 Å². The SMILES string of the molecule is CCN(CC)C(=O)CCc1ccc2c(c1)sc1nc(-c3ccc(NC(=O)Nc4cc(C(C)(C)C)on4)cc3)cn12. The highest BCUT2D eigenvalue weighted by Crippen LogP contribution is 2.31. The van der Waals surface area contributed by atoms with Gasteiger partial charge in [0.2, 0.25) is 5.91 Å². The Morgan fingerprint density at radius 3 is 2.45 bits per heavy atom. The second-order valence-electron chi connectivity index (χ2n) is 10.7. The minimum Gasteiger partial charge on any atom is -0.359 e. The number of aryl methyl sites for hydroxylation is 1. The van der Waals surface area contributed by atoms with E-state index in [2.05, 4.69) is 38.4 Å². The van der Waals surface area contributed by atoms with Gasteiger partial charge >= 0.3 is 6.03 Å². The largest absolute Gasteiger partial charge is 0.359 e. The summed E-state index contributed by atoms with van der Waals surface area (Å²) in [5, 5.41) is 9.44. The van der Waals surface area contributed by atoms with Crippen molar-refractivity contribution in [2.45, 2.75) is 52.9 Å². The van der Waals surface area contributed by atoms with E-state index in [-0.39, 0.29) is 11.3 Å². The van der Waals surface area contributed by atoms with Gasteiger partial charge in [-0.3, -0.25) is 14.5 Å². The molecule has 0 bridgehead atoms. The Hall–Kier alpha value is -4.18. The van der Waals surface area contributed by atoms with Crippen LogP contribution >= 0.6 is 11.3 Å². The minimum absolute atomic E-state index is 0.192. The molecule has 10 heteroatoms. The van der Waals surface area contributed by atoms with Gasteiger partial charge in [0.05, 0.1) is 15.9 Å². The number of hydrogen-bond donors (Lipinski definition) is 2. The minimum atomic E-state index is -0.396. The first-order chi connectivity index (χ1) is 19.1. The quantitative estimate of drug-likeness (QED) is 0.214. The standard InChI is InChI=1S/C30H34N6O3S/c1-6-35(7-2)27(37)15-9-19-8-14-23-24(16-19)40-29-32-22(18-36(23)29)20-10-12-21(13-11-20)31-28(38)33-26-17-25(39-34-26)30(3,4)5/h8,10-14,16-18H,6-7,9,15H2,1-5H3,(H2,31,33,34,38). The molecule has 208 valence electrons. The molecule has 0 saturated heterocycles. The third-order valence-corrected chi connectivity index (χ3v) is 7.85. The van der Waals surface area contributed by atoms with Crippen LogP contribution in [0.1, 0.15) is 52.4 Å². The summed E-state index contributed by atoms with van der Waals surface area (Å²) in [6, 6.07) is 15.2. The molecule has 0 atom stereocenters. The maximum atomic E-state index is 12.4. The average molecular weight is 559 g/mol. The fraction of sp³-hybridized carbons (Fsp3) is 0.333. The molecule has 40 heavy (non-hydrogen) atoms. The molecule has 0 aliphatic carbocycles. The van der Waals surface area contributed by atoms with Crippen LogP contribution in [0.25, 0.3) is 26.4 Å². The maximum Gasteiger partial charge on any atom is 0.324 e. The van der Waals surface area contributed by atoms with Gasteiger partial charge in [0.15, 0.2) is 10.8 Å². The molecule has 5 rings (SSSR count). The number of hydrogen-bond acceptors (Lipinski definition) is 6. The summed E-state index contributed by atoms with van der Waals surface area (Å²) >= 11 is 1.63. The predicted octanol–water partition coefficient (Wildman–Crippen LogP) is 6.95. The van der Waals surface area contributed by atoms with E-state index in [1.54, 1.807) is 17.4 Å². The Labute approximate surface area is 237 Å². The number of carbonyl (C=O) groups is 2. The second-order valence-corrected chi connectivity index (χ2v) is 11.7. The monoisotopic (exact) mass is 558 g/mol. The van der Waals surface area contributed by atoms with Gasteiger partial charge in [0.25, 0.3) is 0 Å². The fourth-order valence-electron chi connectivity index (χ4n) is 4.52. The predicted molar refractivity (Wildman–Crippen MR) is 160 cm³/mol. The van der Waals surface area contributed by atoms with Gasteiger partial charge in [-0.1, -0.05) is 55.5 Å². The van der Waals surface area contributed by atoms with E-state index in [0.29, 0.717) is 23.7 Å². The van der Waals surface area contributed by atoms with Crippen LogP contribution in [-0.2, 0) is 16.6 Å². The Morgan fingerprint density at radius 2 is 1.77 bits per heavy atom. The third kappa shape index (κ3) is 5.86. The van der Waals surface area contributed by atoms with Crippen molar-refractivity contribution >= 4 is 50.0 Å². The Bertz CT molecular complexity index is 1650. The van der Waals surface area contributed by atoms with E-state index < -0.39 is 6.03 Å². The van der Waals surface area contributed by atoms with E-state index in [4.69, 9.17) is 9.51 Å². The van der Waals surface area contributed by atoms with E-state index in [1.807, 2.05) is 70.0 Å². The van der Waals surface area contributed by atoms with E-state index in [9.17, 15) is 9.59 Å². The molecule has 0 radical (unpaired) electrons. The number of nitrogens with one attached hydrogen (secondary N) is 2. The van der Waals surface area contributed by atoms with Gasteiger partial charge in [-0.2, -0.15) is 0 Å². The number of carbonyl (C=O) groups excluding carboxylic acids is 2. The van der Waals surface area contributed by atoms with Crippen LogP contribution in [-0.4, -0.2) is 44.5 Å². The summed E-state index contributed by atoms with van der Waals surface area (Å²) in [5.74, 6) is 1.26. The lowest BCUT2D eigenvalue weighted by Crippen LogP contribution is -2.30. The van der Waals surface area contributed by atoms with Crippen LogP contribution < -0.4 is 10.6 Å². The van der Waals surface area contributed by atoms with Crippen LogP contribution in [0.3, 0.4) is 0 Å². The van der Waals surface area contributed by atoms with Crippen molar-refractivity contribution in [1.29, 1.82) is 0 Å². The first-order valence-corrected chi connectivity index (χ1v) is 14.3. The topological polar surface area (TPSA) is 105 Å². The summed E-state index contributed by atoms with van der Waals surface area (Å²) in [7, 11) is 0. The van der Waals surface area contributed by atoms with Crippen LogP contribution in [0.2, 0.25) is 0 Å². The van der Waals surface area contributed by atoms with Crippen LogP contribution in [0.4, 0.5) is 16.3 Å². The van der Waals surface area contributed by atoms with Gasteiger partial charge in [0, 0.05) is 48.4 Å². The molecule has 0 fully saturated rings. The zero-order chi connectivity index (χ0) is 28.4. The van der Waals surface area contributed by atoms with E-state index in [0.717, 1.165) is 51.5 Å². The molecule has 2 aromatic carbocycles. The van der Waals surface area contributed by atoms with Gasteiger partial charge in [0.1, 0.15) is 5.76 Å². The van der Waals surface area contributed by atoms with Crippen molar-refractivity contribution in [3.63, 3.8) is 0 Å². The number of benzene rings is 2. The fourth-order valence-corrected chi connectivity index (χ4v) is 5.59. The molecule has 0 saturated carbocycles. The molecule has 3 heterocycles. The Kier molecular flexibility index (Phi) is 7.62. The summed E-state index contributed by atoms with van der Waals surface area (Å²) in [6.45, 7) is 11.6. The zero-order valence-corrected chi connectivity index (χ0v) is 24.3. The summed E-state index contributed by atoms with van der Waals surface area (Å²) in [4.78, 5) is 32.4. The van der Waals surface area contributed by atoms with Crippen molar-refractivity contribution < 1.29 is 14.1 Å². The van der Waals surface area contributed by atoms with Crippen molar-refractivity contribution in [3.8, 4) is 11.3 Å². The molecule has 0 aliphatic rings. The molecule has 0 unspecified atom stereocenters.